The molecule has 1 aliphatic rings. The molecule has 2 aromatic carbocycles. The molecule has 0 spiro atoms. The van der Waals surface area contributed by atoms with Crippen molar-refractivity contribution in [3.05, 3.63) is 59.1 Å². The highest BCUT2D eigenvalue weighted by Crippen LogP contribution is 2.34. The number of guanidine groups is 1. The molecule has 1 aliphatic heterocycles. The van der Waals surface area contributed by atoms with Gasteiger partial charge in [0.15, 0.2) is 5.96 Å². The predicted molar refractivity (Wildman–Crippen MR) is 117 cm³/mol. The Balaban J connectivity index is 0.00000243. The van der Waals surface area contributed by atoms with Crippen LogP contribution in [0.4, 0.5) is 5.69 Å². The molecule has 2 atom stereocenters. The molecule has 3 N–H and O–H groups in total. The van der Waals surface area contributed by atoms with Crippen molar-refractivity contribution in [2.45, 2.75) is 12.5 Å². The van der Waals surface area contributed by atoms with Crippen LogP contribution in [0.25, 0.3) is 0 Å². The molecular formula is C19H23ClIN3O2. The van der Waals surface area contributed by atoms with Crippen molar-refractivity contribution in [2.75, 3.05) is 25.6 Å². The molecular weight excluding hydrogens is 465 g/mol. The lowest BCUT2D eigenvalue weighted by Gasteiger charge is -2.17. The van der Waals surface area contributed by atoms with Crippen LogP contribution in [0.2, 0.25) is 5.02 Å². The fraction of sp³-hybridized carbons (Fsp3) is 0.316. The first-order valence-corrected chi connectivity index (χ1v) is 8.62. The third-order valence-corrected chi connectivity index (χ3v) is 4.56. The van der Waals surface area contributed by atoms with E-state index in [1.54, 1.807) is 19.2 Å². The predicted octanol–water partition coefficient (Wildman–Crippen LogP) is 4.47. The van der Waals surface area contributed by atoms with Gasteiger partial charge in [-0.25, -0.2) is 0 Å². The summed E-state index contributed by atoms with van der Waals surface area (Å²) in [5, 5.41) is 3.58. The van der Waals surface area contributed by atoms with Crippen LogP contribution in [0.5, 0.6) is 5.75 Å². The number of anilines is 1. The molecule has 0 aromatic heterocycles. The van der Waals surface area contributed by atoms with Crippen LogP contribution < -0.4 is 15.8 Å². The van der Waals surface area contributed by atoms with Crippen LogP contribution in [-0.2, 0) is 4.74 Å². The van der Waals surface area contributed by atoms with Crippen molar-refractivity contribution in [1.82, 2.24) is 0 Å². The van der Waals surface area contributed by atoms with E-state index in [0.29, 0.717) is 29.2 Å². The van der Waals surface area contributed by atoms with Gasteiger partial charge in [0.2, 0.25) is 0 Å². The highest BCUT2D eigenvalue weighted by atomic mass is 127. The van der Waals surface area contributed by atoms with Gasteiger partial charge in [-0.1, -0.05) is 41.9 Å². The first kappa shape index (κ1) is 20.8. The quantitative estimate of drug-likeness (QED) is 0.371. The average molecular weight is 488 g/mol. The summed E-state index contributed by atoms with van der Waals surface area (Å²) < 4.78 is 11.0. The smallest absolute Gasteiger partial charge is 0.193 e. The number of hydrogen-bond donors (Lipinski definition) is 2. The van der Waals surface area contributed by atoms with Gasteiger partial charge in [0.1, 0.15) is 5.75 Å². The van der Waals surface area contributed by atoms with Crippen LogP contribution in [0.15, 0.2) is 53.5 Å². The molecule has 26 heavy (non-hydrogen) atoms. The third-order valence-electron chi connectivity index (χ3n) is 4.26. The Bertz CT molecular complexity index is 743. The summed E-state index contributed by atoms with van der Waals surface area (Å²) in [4.78, 5) is 4.48. The van der Waals surface area contributed by atoms with E-state index >= 15 is 0 Å². The van der Waals surface area contributed by atoms with E-state index in [4.69, 9.17) is 26.8 Å². The Morgan fingerprint density at radius 3 is 2.77 bits per heavy atom. The summed E-state index contributed by atoms with van der Waals surface area (Å²) in [6.07, 6.45) is 1.05. The lowest BCUT2D eigenvalue weighted by molar-refractivity contribution is 0.0926. The first-order valence-electron chi connectivity index (χ1n) is 8.24. The van der Waals surface area contributed by atoms with E-state index < -0.39 is 0 Å². The number of benzene rings is 2. The van der Waals surface area contributed by atoms with E-state index in [1.807, 2.05) is 24.3 Å². The second kappa shape index (κ2) is 9.99. The lowest BCUT2D eigenvalue weighted by Crippen LogP contribution is -2.24. The Morgan fingerprint density at radius 2 is 2.08 bits per heavy atom. The summed E-state index contributed by atoms with van der Waals surface area (Å²) in [5.41, 5.74) is 7.97. The first-order chi connectivity index (χ1) is 12.2. The zero-order valence-electron chi connectivity index (χ0n) is 14.5. The summed E-state index contributed by atoms with van der Waals surface area (Å²) in [7, 11) is 1.58. The zero-order valence-corrected chi connectivity index (χ0v) is 17.6. The van der Waals surface area contributed by atoms with Crippen LogP contribution in [-0.4, -0.2) is 26.2 Å². The van der Waals surface area contributed by atoms with Gasteiger partial charge in [0, 0.05) is 24.8 Å². The maximum atomic E-state index is 6.12. The maximum Gasteiger partial charge on any atom is 0.193 e. The summed E-state index contributed by atoms with van der Waals surface area (Å²) >= 11 is 6.12. The second-order valence-electron chi connectivity index (χ2n) is 5.95. The molecule has 1 heterocycles. The van der Waals surface area contributed by atoms with Gasteiger partial charge < -0.3 is 20.5 Å². The van der Waals surface area contributed by atoms with Gasteiger partial charge in [0.05, 0.1) is 18.2 Å². The Morgan fingerprint density at radius 1 is 1.31 bits per heavy atom. The normalized spacial score (nSPS) is 19.7. The number of halogens is 2. The van der Waals surface area contributed by atoms with Crippen molar-refractivity contribution in [2.24, 2.45) is 16.6 Å². The largest absolute Gasteiger partial charge is 0.495 e. The third kappa shape index (κ3) is 5.25. The van der Waals surface area contributed by atoms with Crippen molar-refractivity contribution in [1.29, 1.82) is 0 Å². The highest BCUT2D eigenvalue weighted by molar-refractivity contribution is 14.0. The van der Waals surface area contributed by atoms with Gasteiger partial charge in [-0.3, -0.25) is 4.99 Å². The van der Waals surface area contributed by atoms with Crippen molar-refractivity contribution < 1.29 is 9.47 Å². The highest BCUT2D eigenvalue weighted by Gasteiger charge is 2.29. The van der Waals surface area contributed by atoms with Gasteiger partial charge in [-0.05, 0) is 30.2 Å². The molecule has 0 bridgehead atoms. The Hall–Kier alpha value is -1.51. The number of methoxy groups -OCH3 is 1. The van der Waals surface area contributed by atoms with E-state index in [9.17, 15) is 0 Å². The van der Waals surface area contributed by atoms with E-state index in [1.165, 1.54) is 5.56 Å². The molecule has 0 saturated carbocycles. The molecule has 1 fully saturated rings. The monoisotopic (exact) mass is 487 g/mol. The van der Waals surface area contributed by atoms with E-state index in [-0.39, 0.29) is 30.1 Å². The summed E-state index contributed by atoms with van der Waals surface area (Å²) in [5.74, 6) is 1.30. The number of ether oxygens (including phenoxy) is 2. The van der Waals surface area contributed by atoms with Crippen LogP contribution in [0, 0.1) is 5.92 Å². The molecule has 0 aliphatic carbocycles. The van der Waals surface area contributed by atoms with Gasteiger partial charge in [-0.15, -0.1) is 24.0 Å². The number of nitrogens with zero attached hydrogens (tertiary/aromatic N) is 1. The minimum atomic E-state index is 0. The fourth-order valence-corrected chi connectivity index (χ4v) is 3.24. The molecule has 3 rings (SSSR count). The second-order valence-corrected chi connectivity index (χ2v) is 6.36. The number of nitrogens with two attached hydrogens (primary N) is 1. The van der Waals surface area contributed by atoms with Gasteiger partial charge >= 0.3 is 0 Å². The zero-order chi connectivity index (χ0) is 17.6. The molecule has 7 heteroatoms. The van der Waals surface area contributed by atoms with Crippen molar-refractivity contribution in [3.63, 3.8) is 0 Å². The summed E-state index contributed by atoms with van der Waals surface area (Å²) in [6.45, 7) is 1.36. The van der Waals surface area contributed by atoms with Gasteiger partial charge in [-0.2, -0.15) is 0 Å². The Kier molecular flexibility index (Phi) is 7.99. The van der Waals surface area contributed by atoms with Crippen LogP contribution in [0.3, 0.4) is 0 Å². The summed E-state index contributed by atoms with van der Waals surface area (Å²) in [6, 6.07) is 15.6. The molecule has 0 unspecified atom stereocenters. The van der Waals surface area contributed by atoms with Crippen LogP contribution >= 0.6 is 35.6 Å². The van der Waals surface area contributed by atoms with E-state index in [2.05, 4.69) is 22.4 Å². The minimum Gasteiger partial charge on any atom is -0.495 e. The van der Waals surface area contributed by atoms with Crippen molar-refractivity contribution in [3.8, 4) is 5.75 Å². The molecule has 140 valence electrons. The fourth-order valence-electron chi connectivity index (χ4n) is 2.98. The van der Waals surface area contributed by atoms with Crippen LogP contribution in [0.1, 0.15) is 18.1 Å². The number of hydrogen-bond acceptors (Lipinski definition) is 3. The molecule has 1 saturated heterocycles. The maximum absolute atomic E-state index is 6.12. The molecule has 5 nitrogen and oxygen atoms in total. The lowest BCUT2D eigenvalue weighted by atomic mass is 9.95. The molecule has 0 amide bonds. The standard InChI is InChI=1S/C19H22ClN3O2.HI/c1-24-17-8-7-15(11-16(17)20)23-19(21)22-12-14-9-10-25-18(14)13-5-3-2-4-6-13;/h2-8,11,14,18H,9-10,12H2,1H3,(H3,21,22,23);1H/t14-,18-;/m1./s1. The number of rotatable bonds is 5. The molecule has 0 radical (unpaired) electrons. The van der Waals surface area contributed by atoms with Gasteiger partial charge in [0.25, 0.3) is 0 Å². The Labute approximate surface area is 175 Å². The average Bonchev–Trinajstić information content (AvgIpc) is 3.09. The van der Waals surface area contributed by atoms with E-state index in [0.717, 1.165) is 18.7 Å². The number of nitrogens with one attached hydrogen (secondary N) is 1. The number of aliphatic imine (C=N–C) groups is 1. The molecule has 2 aromatic rings. The minimum absolute atomic E-state index is 0. The topological polar surface area (TPSA) is 68.9 Å². The SMILES string of the molecule is COc1ccc(NC(N)=NC[C@H]2CCO[C@@H]2c2ccccc2)cc1Cl.I. The van der Waals surface area contributed by atoms with Crippen molar-refractivity contribution >= 4 is 47.2 Å².